The zero-order valence-electron chi connectivity index (χ0n) is 18.9. The number of likely N-dealkylation sites (tertiary alicyclic amines) is 1. The maximum atomic E-state index is 12.9. The number of carbonyl (C=O) groups is 1. The Morgan fingerprint density at radius 2 is 2.07 bits per heavy atom. The van der Waals surface area contributed by atoms with Gasteiger partial charge in [-0.1, -0.05) is 19.9 Å². The van der Waals surface area contributed by atoms with Crippen molar-refractivity contribution in [3.05, 3.63) is 28.8 Å². The molecule has 3 atom stereocenters. The quantitative estimate of drug-likeness (QED) is 0.643. The lowest BCUT2D eigenvalue weighted by Gasteiger charge is -2.39. The first-order valence-corrected chi connectivity index (χ1v) is 11.4. The monoisotopic (exact) mass is 417 g/mol. The first-order valence-electron chi connectivity index (χ1n) is 10.6. The van der Waals surface area contributed by atoms with Crippen LogP contribution in [0.1, 0.15) is 70.0 Å². The summed E-state index contributed by atoms with van der Waals surface area (Å²) in [6.07, 6.45) is 1.86. The van der Waals surface area contributed by atoms with Crippen LogP contribution in [0.15, 0.2) is 18.2 Å². The second kappa shape index (κ2) is 8.60. The number of aromatic nitrogens is 1. The Morgan fingerprint density at radius 3 is 2.72 bits per heavy atom. The van der Waals surface area contributed by atoms with Gasteiger partial charge in [-0.05, 0) is 71.3 Å². The van der Waals surface area contributed by atoms with Crippen LogP contribution in [-0.4, -0.2) is 53.7 Å². The highest BCUT2D eigenvalue weighted by atomic mass is 32.1. The van der Waals surface area contributed by atoms with Gasteiger partial charge in [0.2, 0.25) is 0 Å². The summed E-state index contributed by atoms with van der Waals surface area (Å²) in [5, 5.41) is 1.17. The Balaban J connectivity index is 1.87. The SMILES string of the molecule is CC(CN(C)C)c1nc2cc([C@H]3CC[C@H](C)CN3C(=O)OC(C)(C)C)ccc2s1. The fourth-order valence-electron chi connectivity index (χ4n) is 4.03. The van der Waals surface area contributed by atoms with E-state index in [2.05, 4.69) is 51.0 Å². The number of piperidine rings is 1. The van der Waals surface area contributed by atoms with Crippen LogP contribution < -0.4 is 0 Å². The van der Waals surface area contributed by atoms with Gasteiger partial charge in [0.15, 0.2) is 0 Å². The zero-order chi connectivity index (χ0) is 21.3. The number of likely N-dealkylation sites (N-methyl/N-ethyl adjacent to an activating group) is 1. The van der Waals surface area contributed by atoms with Gasteiger partial charge >= 0.3 is 6.09 Å². The van der Waals surface area contributed by atoms with E-state index in [1.165, 1.54) is 9.71 Å². The first-order chi connectivity index (χ1) is 13.5. The minimum atomic E-state index is -0.487. The Kier molecular flexibility index (Phi) is 6.54. The largest absolute Gasteiger partial charge is 0.444 e. The summed E-state index contributed by atoms with van der Waals surface area (Å²) in [7, 11) is 4.19. The van der Waals surface area contributed by atoms with Crippen molar-refractivity contribution < 1.29 is 9.53 Å². The lowest BCUT2D eigenvalue weighted by Crippen LogP contribution is -2.44. The number of hydrogen-bond acceptors (Lipinski definition) is 5. The molecule has 0 bridgehead atoms. The predicted molar refractivity (Wildman–Crippen MR) is 121 cm³/mol. The summed E-state index contributed by atoms with van der Waals surface area (Å²) in [6, 6.07) is 6.56. The summed E-state index contributed by atoms with van der Waals surface area (Å²) in [5.74, 6) is 0.889. The van der Waals surface area contributed by atoms with E-state index in [1.54, 1.807) is 11.3 Å². The van der Waals surface area contributed by atoms with Gasteiger partial charge in [0.25, 0.3) is 0 Å². The number of ether oxygens (including phenoxy) is 1. The molecule has 0 N–H and O–H groups in total. The van der Waals surface area contributed by atoms with E-state index in [9.17, 15) is 4.79 Å². The molecule has 5 nitrogen and oxygen atoms in total. The number of rotatable bonds is 4. The van der Waals surface area contributed by atoms with Crippen molar-refractivity contribution in [2.24, 2.45) is 5.92 Å². The molecule has 2 heterocycles. The molecular weight excluding hydrogens is 382 g/mol. The normalized spacial score (nSPS) is 21.6. The maximum absolute atomic E-state index is 12.9. The van der Waals surface area contributed by atoms with Crippen LogP contribution in [0.2, 0.25) is 0 Å². The molecule has 0 radical (unpaired) electrons. The second-order valence-corrected chi connectivity index (χ2v) is 10.8. The molecule has 1 aromatic heterocycles. The van der Waals surface area contributed by atoms with Gasteiger partial charge in [0.1, 0.15) is 5.60 Å². The lowest BCUT2D eigenvalue weighted by atomic mass is 9.90. The average Bonchev–Trinajstić information content (AvgIpc) is 3.03. The molecule has 0 saturated carbocycles. The van der Waals surface area contributed by atoms with Gasteiger partial charge < -0.3 is 14.5 Å². The van der Waals surface area contributed by atoms with E-state index >= 15 is 0 Å². The van der Waals surface area contributed by atoms with E-state index in [0.717, 1.165) is 37.0 Å². The number of carbonyl (C=O) groups excluding carboxylic acids is 1. The molecule has 1 fully saturated rings. The van der Waals surface area contributed by atoms with Crippen molar-refractivity contribution in [3.63, 3.8) is 0 Å². The van der Waals surface area contributed by atoms with E-state index in [1.807, 2.05) is 25.7 Å². The van der Waals surface area contributed by atoms with Gasteiger partial charge in [-0.2, -0.15) is 0 Å². The molecule has 1 saturated heterocycles. The maximum Gasteiger partial charge on any atom is 0.410 e. The average molecular weight is 418 g/mol. The molecule has 1 aromatic carbocycles. The Bertz CT molecular complexity index is 855. The summed E-state index contributed by atoms with van der Waals surface area (Å²) in [4.78, 5) is 21.9. The Labute approximate surface area is 179 Å². The molecule has 1 unspecified atom stereocenters. The van der Waals surface area contributed by atoms with Gasteiger partial charge in [-0.3, -0.25) is 0 Å². The Hall–Kier alpha value is -1.66. The molecule has 1 aliphatic heterocycles. The van der Waals surface area contributed by atoms with Crippen molar-refractivity contribution in [1.29, 1.82) is 0 Å². The number of hydrogen-bond donors (Lipinski definition) is 0. The highest BCUT2D eigenvalue weighted by Crippen LogP contribution is 2.37. The third-order valence-electron chi connectivity index (χ3n) is 5.32. The zero-order valence-corrected chi connectivity index (χ0v) is 19.7. The van der Waals surface area contributed by atoms with Gasteiger partial charge in [-0.15, -0.1) is 11.3 Å². The topological polar surface area (TPSA) is 45.7 Å². The number of nitrogens with zero attached hydrogens (tertiary/aromatic N) is 3. The van der Waals surface area contributed by atoms with Crippen molar-refractivity contribution >= 4 is 27.6 Å². The molecule has 6 heteroatoms. The summed E-state index contributed by atoms with van der Waals surface area (Å²) >= 11 is 1.78. The van der Waals surface area contributed by atoms with Crippen molar-refractivity contribution in [2.75, 3.05) is 27.2 Å². The highest BCUT2D eigenvalue weighted by Gasteiger charge is 2.34. The molecule has 1 amide bonds. The van der Waals surface area contributed by atoms with E-state index in [-0.39, 0.29) is 12.1 Å². The summed E-state index contributed by atoms with van der Waals surface area (Å²) < 4.78 is 6.92. The van der Waals surface area contributed by atoms with Crippen LogP contribution in [-0.2, 0) is 4.74 Å². The number of amides is 1. The summed E-state index contributed by atoms with van der Waals surface area (Å²) in [6.45, 7) is 11.9. The van der Waals surface area contributed by atoms with Gasteiger partial charge in [-0.25, -0.2) is 9.78 Å². The number of fused-ring (bicyclic) bond motifs is 1. The minimum Gasteiger partial charge on any atom is -0.444 e. The minimum absolute atomic E-state index is 0.0507. The number of thiazole rings is 1. The summed E-state index contributed by atoms with van der Waals surface area (Å²) in [5.41, 5.74) is 1.71. The molecule has 0 aliphatic carbocycles. The molecule has 29 heavy (non-hydrogen) atoms. The van der Waals surface area contributed by atoms with Crippen LogP contribution in [0, 0.1) is 5.92 Å². The predicted octanol–water partition coefficient (Wildman–Crippen LogP) is 5.67. The van der Waals surface area contributed by atoms with Gasteiger partial charge in [0, 0.05) is 19.0 Å². The smallest absolute Gasteiger partial charge is 0.410 e. The molecule has 2 aromatic rings. The lowest BCUT2D eigenvalue weighted by molar-refractivity contribution is 0.00365. The van der Waals surface area contributed by atoms with Crippen LogP contribution in [0.5, 0.6) is 0 Å². The van der Waals surface area contributed by atoms with Crippen LogP contribution in [0.25, 0.3) is 10.2 Å². The molecular formula is C23H35N3O2S. The fraction of sp³-hybridized carbons (Fsp3) is 0.652. The highest BCUT2D eigenvalue weighted by molar-refractivity contribution is 7.18. The molecule has 160 valence electrons. The van der Waals surface area contributed by atoms with Gasteiger partial charge in [0.05, 0.1) is 21.3 Å². The third kappa shape index (κ3) is 5.48. The molecule has 1 aliphatic rings. The Morgan fingerprint density at radius 1 is 1.34 bits per heavy atom. The van der Waals surface area contributed by atoms with E-state index in [0.29, 0.717) is 11.8 Å². The van der Waals surface area contributed by atoms with Crippen LogP contribution in [0.3, 0.4) is 0 Å². The molecule has 3 rings (SSSR count). The van der Waals surface area contributed by atoms with Crippen LogP contribution in [0.4, 0.5) is 4.79 Å². The van der Waals surface area contributed by atoms with Crippen molar-refractivity contribution in [1.82, 2.24) is 14.8 Å². The number of benzene rings is 1. The third-order valence-corrected chi connectivity index (χ3v) is 6.59. The van der Waals surface area contributed by atoms with Crippen LogP contribution >= 0.6 is 11.3 Å². The van der Waals surface area contributed by atoms with E-state index < -0.39 is 5.60 Å². The standard InChI is InChI=1S/C23H35N3O2S/c1-15-8-10-19(26(13-15)22(27)28-23(3,4)5)17-9-11-20-18(12-17)24-21(29-20)16(2)14-25(6)7/h9,11-12,15-16,19H,8,10,13-14H2,1-7H3/t15-,16?,19+/m0/s1. The second-order valence-electron chi connectivity index (χ2n) is 9.77. The first kappa shape index (κ1) is 22.0. The van der Waals surface area contributed by atoms with Crippen molar-refractivity contribution in [3.8, 4) is 0 Å². The van der Waals surface area contributed by atoms with Crippen molar-refractivity contribution in [2.45, 2.75) is 65.0 Å². The van der Waals surface area contributed by atoms with E-state index in [4.69, 9.17) is 9.72 Å². The molecule has 0 spiro atoms. The fourth-order valence-corrected chi connectivity index (χ4v) is 5.02.